The zero-order chi connectivity index (χ0) is 29.1. The molecule has 2 aromatic rings. The molecule has 3 heterocycles. The first-order valence-corrected chi connectivity index (χ1v) is 16.3. The standard InChI is InChI=1S/C31H38BrN3O5S/c1-3-5-9-16-33-29(38)27-31-17-22(32)26(41-31)24(28(37)34-20-12-14-21(15-13-20)40-4-2)25(31)30(39)35(27)23(18-36)19-10-7-6-8-11-19/h6-8,10-15,22-27,36H,3-5,9,16-18H2,1-2H3,(H,33,38)(H,34,37)/t22?,23-,24-,25+,26-,27?,31?/m1/s1. The number of benzene rings is 2. The van der Waals surface area contributed by atoms with Crippen LogP contribution in [-0.4, -0.2) is 68.4 Å². The Kier molecular flexibility index (Phi) is 9.30. The molecule has 3 aliphatic rings. The van der Waals surface area contributed by atoms with Gasteiger partial charge in [0.25, 0.3) is 0 Å². The average molecular weight is 645 g/mol. The van der Waals surface area contributed by atoms with Crippen LogP contribution in [0.2, 0.25) is 0 Å². The highest BCUT2D eigenvalue weighted by molar-refractivity contribution is 9.09. The largest absolute Gasteiger partial charge is 0.494 e. The fraction of sp³-hybridized carbons (Fsp3) is 0.516. The minimum Gasteiger partial charge on any atom is -0.494 e. The van der Waals surface area contributed by atoms with E-state index in [0.717, 1.165) is 24.8 Å². The Morgan fingerprint density at radius 3 is 2.51 bits per heavy atom. The van der Waals surface area contributed by atoms with Crippen LogP contribution in [-0.2, 0) is 14.4 Å². The molecule has 0 saturated carbocycles. The molecule has 8 nitrogen and oxygen atoms in total. The monoisotopic (exact) mass is 643 g/mol. The summed E-state index contributed by atoms with van der Waals surface area (Å²) >= 11 is 5.40. The maximum absolute atomic E-state index is 14.4. The first kappa shape index (κ1) is 29.9. The van der Waals surface area contributed by atoms with Crippen LogP contribution < -0.4 is 15.4 Å². The van der Waals surface area contributed by atoms with E-state index < -0.39 is 28.7 Å². The normalized spacial score (nSPS) is 28.8. The van der Waals surface area contributed by atoms with Crippen LogP contribution in [0.15, 0.2) is 54.6 Å². The average Bonchev–Trinajstić information content (AvgIpc) is 3.57. The van der Waals surface area contributed by atoms with E-state index in [1.54, 1.807) is 40.9 Å². The van der Waals surface area contributed by atoms with Gasteiger partial charge in [-0.15, -0.1) is 11.8 Å². The van der Waals surface area contributed by atoms with Gasteiger partial charge < -0.3 is 25.4 Å². The van der Waals surface area contributed by atoms with Crippen molar-refractivity contribution < 1.29 is 24.2 Å². The molecule has 7 atom stereocenters. The maximum Gasteiger partial charge on any atom is 0.244 e. The Labute approximate surface area is 254 Å². The number of hydrogen-bond donors (Lipinski definition) is 3. The molecule has 5 rings (SSSR count). The Bertz CT molecular complexity index is 1250. The molecule has 1 spiro atoms. The van der Waals surface area contributed by atoms with Crippen LogP contribution in [0.5, 0.6) is 5.75 Å². The summed E-state index contributed by atoms with van der Waals surface area (Å²) in [5.41, 5.74) is 1.38. The van der Waals surface area contributed by atoms with Gasteiger partial charge in [-0.05, 0) is 49.6 Å². The quantitative estimate of drug-likeness (QED) is 0.232. The summed E-state index contributed by atoms with van der Waals surface area (Å²) in [6.45, 7) is 4.76. The summed E-state index contributed by atoms with van der Waals surface area (Å²) in [6, 6.07) is 15.0. The smallest absolute Gasteiger partial charge is 0.244 e. The number of halogens is 1. The van der Waals surface area contributed by atoms with Crippen molar-refractivity contribution in [2.24, 2.45) is 11.8 Å². The predicted octanol–water partition coefficient (Wildman–Crippen LogP) is 4.53. The number of thioether (sulfide) groups is 1. The lowest BCUT2D eigenvalue weighted by molar-refractivity contribution is -0.142. The number of likely N-dealkylation sites (tertiary alicyclic amines) is 1. The number of aliphatic hydroxyl groups excluding tert-OH is 1. The van der Waals surface area contributed by atoms with Gasteiger partial charge in [-0.2, -0.15) is 0 Å². The SMILES string of the molecule is CCCCCNC(=O)C1N([C@H](CO)c2ccccc2)C(=O)[C@@H]2[C@@H](C(=O)Nc3ccc(OCC)cc3)[C@@H]3SC12CC3Br. The summed E-state index contributed by atoms with van der Waals surface area (Å²) in [4.78, 5) is 43.8. The number of aliphatic hydroxyl groups is 1. The molecule has 3 N–H and O–H groups in total. The van der Waals surface area contributed by atoms with Crippen molar-refractivity contribution in [2.45, 2.75) is 66.4 Å². The molecular formula is C31H38BrN3O5S. The summed E-state index contributed by atoms with van der Waals surface area (Å²) in [5, 5.41) is 16.5. The molecular weight excluding hydrogens is 606 g/mol. The number of carbonyl (C=O) groups excluding carboxylic acids is 3. The van der Waals surface area contributed by atoms with E-state index in [0.29, 0.717) is 31.0 Å². The number of alkyl halides is 1. The number of carbonyl (C=O) groups is 3. The zero-order valence-corrected chi connectivity index (χ0v) is 25.8. The van der Waals surface area contributed by atoms with Gasteiger partial charge >= 0.3 is 0 Å². The molecule has 3 fully saturated rings. The molecule has 3 aliphatic heterocycles. The van der Waals surface area contributed by atoms with E-state index >= 15 is 0 Å². The number of anilines is 1. The van der Waals surface area contributed by atoms with Gasteiger partial charge in [0.2, 0.25) is 17.7 Å². The Morgan fingerprint density at radius 2 is 1.85 bits per heavy atom. The van der Waals surface area contributed by atoms with Crippen molar-refractivity contribution in [1.29, 1.82) is 0 Å². The maximum atomic E-state index is 14.4. The summed E-state index contributed by atoms with van der Waals surface area (Å²) < 4.78 is 4.73. The number of nitrogens with zero attached hydrogens (tertiary/aromatic N) is 1. The van der Waals surface area contributed by atoms with Gasteiger partial charge in [-0.1, -0.05) is 66.0 Å². The van der Waals surface area contributed by atoms with Crippen molar-refractivity contribution in [3.05, 3.63) is 60.2 Å². The van der Waals surface area contributed by atoms with Gasteiger partial charge in [-0.25, -0.2) is 0 Å². The van der Waals surface area contributed by atoms with E-state index in [1.165, 1.54) is 0 Å². The lowest BCUT2D eigenvalue weighted by Gasteiger charge is -2.37. The molecule has 220 valence electrons. The van der Waals surface area contributed by atoms with E-state index in [2.05, 4.69) is 33.5 Å². The number of nitrogens with one attached hydrogen (secondary N) is 2. The second-order valence-electron chi connectivity index (χ2n) is 11.0. The van der Waals surface area contributed by atoms with E-state index in [1.807, 2.05) is 37.3 Å². The molecule has 0 aromatic heterocycles. The van der Waals surface area contributed by atoms with E-state index in [4.69, 9.17) is 4.74 Å². The number of amides is 3. The van der Waals surface area contributed by atoms with Gasteiger partial charge in [0.05, 0.1) is 35.8 Å². The highest BCUT2D eigenvalue weighted by Crippen LogP contribution is 2.68. The number of ether oxygens (including phenoxy) is 1. The second kappa shape index (κ2) is 12.8. The van der Waals surface area contributed by atoms with Crippen molar-refractivity contribution in [2.75, 3.05) is 25.1 Å². The van der Waals surface area contributed by atoms with Crippen LogP contribution in [0.3, 0.4) is 0 Å². The Hall–Kier alpha value is -2.56. The van der Waals surface area contributed by atoms with Gasteiger partial charge in [0, 0.05) is 22.3 Å². The number of unbranched alkanes of at least 4 members (excludes halogenated alkanes) is 2. The van der Waals surface area contributed by atoms with Crippen LogP contribution >= 0.6 is 27.7 Å². The lowest BCUT2D eigenvalue weighted by Crippen LogP contribution is -2.55. The summed E-state index contributed by atoms with van der Waals surface area (Å²) in [7, 11) is 0. The van der Waals surface area contributed by atoms with Crippen LogP contribution in [0.1, 0.15) is 51.1 Å². The molecule has 10 heteroatoms. The van der Waals surface area contributed by atoms with Crippen molar-refractivity contribution in [3.63, 3.8) is 0 Å². The fourth-order valence-electron chi connectivity index (χ4n) is 6.74. The van der Waals surface area contributed by atoms with Gasteiger partial charge in [-0.3, -0.25) is 14.4 Å². The molecule has 3 unspecified atom stereocenters. The third kappa shape index (κ3) is 5.50. The lowest BCUT2D eigenvalue weighted by atomic mass is 9.70. The predicted molar refractivity (Wildman–Crippen MR) is 164 cm³/mol. The molecule has 2 bridgehead atoms. The minimum absolute atomic E-state index is 0.0349. The third-order valence-corrected chi connectivity index (χ3v) is 11.7. The zero-order valence-electron chi connectivity index (χ0n) is 23.4. The summed E-state index contributed by atoms with van der Waals surface area (Å²) in [6.07, 6.45) is 3.47. The molecule has 0 radical (unpaired) electrons. The second-order valence-corrected chi connectivity index (χ2v) is 13.7. The first-order chi connectivity index (χ1) is 19.9. The number of hydrogen-bond acceptors (Lipinski definition) is 6. The molecule has 41 heavy (non-hydrogen) atoms. The van der Waals surface area contributed by atoms with Crippen LogP contribution in [0.25, 0.3) is 0 Å². The van der Waals surface area contributed by atoms with Gasteiger partial charge in [0.1, 0.15) is 11.8 Å². The summed E-state index contributed by atoms with van der Waals surface area (Å²) in [5.74, 6) is -1.30. The third-order valence-electron chi connectivity index (χ3n) is 8.48. The Morgan fingerprint density at radius 1 is 1.12 bits per heavy atom. The van der Waals surface area contributed by atoms with Crippen molar-refractivity contribution in [1.82, 2.24) is 10.2 Å². The molecule has 2 aromatic carbocycles. The van der Waals surface area contributed by atoms with E-state index in [-0.39, 0.29) is 34.4 Å². The van der Waals surface area contributed by atoms with Crippen LogP contribution in [0, 0.1) is 11.8 Å². The van der Waals surface area contributed by atoms with Gasteiger partial charge in [0.15, 0.2) is 0 Å². The van der Waals surface area contributed by atoms with Crippen molar-refractivity contribution >= 4 is 51.1 Å². The minimum atomic E-state index is -0.808. The number of rotatable bonds is 12. The van der Waals surface area contributed by atoms with Crippen molar-refractivity contribution in [3.8, 4) is 5.75 Å². The van der Waals surface area contributed by atoms with E-state index in [9.17, 15) is 19.5 Å². The molecule has 3 saturated heterocycles. The van der Waals surface area contributed by atoms with Crippen LogP contribution in [0.4, 0.5) is 5.69 Å². The molecule has 3 amide bonds. The highest BCUT2D eigenvalue weighted by Gasteiger charge is 2.76. The Balaban J connectivity index is 1.49. The highest BCUT2D eigenvalue weighted by atomic mass is 79.9. The first-order valence-electron chi connectivity index (χ1n) is 14.5. The topological polar surface area (TPSA) is 108 Å². The fourth-order valence-corrected chi connectivity index (χ4v) is 10.3. The number of fused-ring (bicyclic) bond motifs is 1. The molecule has 0 aliphatic carbocycles.